The fraction of sp³-hybridized carbons (Fsp3) is 0.208. The number of hydrogen-bond acceptors (Lipinski definition) is 3. The Bertz CT molecular complexity index is 1060. The first-order chi connectivity index (χ1) is 14.4. The van der Waals surface area contributed by atoms with E-state index in [0.717, 1.165) is 28.2 Å². The van der Waals surface area contributed by atoms with Gasteiger partial charge < -0.3 is 9.88 Å². The van der Waals surface area contributed by atoms with Gasteiger partial charge in [0.25, 0.3) is 0 Å². The van der Waals surface area contributed by atoms with Crippen LogP contribution in [0.4, 0.5) is 5.69 Å². The second-order valence-corrected chi connectivity index (χ2v) is 7.43. The van der Waals surface area contributed by atoms with Gasteiger partial charge in [0.1, 0.15) is 0 Å². The number of aromatic nitrogens is 1. The molecule has 3 aromatic rings. The highest BCUT2D eigenvalue weighted by molar-refractivity contribution is 6.39. The van der Waals surface area contributed by atoms with Crippen LogP contribution in [0.5, 0.6) is 0 Å². The topological polar surface area (TPSA) is 75.5 Å². The van der Waals surface area contributed by atoms with Crippen molar-refractivity contribution in [3.05, 3.63) is 83.2 Å². The molecule has 2 N–H and O–H groups in total. The lowest BCUT2D eigenvalue weighted by Crippen LogP contribution is -2.32. The summed E-state index contributed by atoms with van der Waals surface area (Å²) in [7, 11) is 0. The molecular weight excluding hydrogens is 376 g/mol. The molecule has 0 aliphatic heterocycles. The second kappa shape index (κ2) is 9.22. The van der Waals surface area contributed by atoms with Gasteiger partial charge in [-0.15, -0.1) is 0 Å². The lowest BCUT2D eigenvalue weighted by atomic mass is 10.0. The quantitative estimate of drug-likeness (QED) is 0.379. The first-order valence-corrected chi connectivity index (χ1v) is 9.85. The van der Waals surface area contributed by atoms with Crippen LogP contribution in [0, 0.1) is 13.8 Å². The first-order valence-electron chi connectivity index (χ1n) is 9.85. The van der Waals surface area contributed by atoms with E-state index < -0.39 is 11.8 Å². The van der Waals surface area contributed by atoms with E-state index in [4.69, 9.17) is 0 Å². The summed E-state index contributed by atoms with van der Waals surface area (Å²) < 4.78 is 2.11. The third kappa shape index (κ3) is 4.84. The molecule has 0 atom stereocenters. The molecule has 2 amide bonds. The summed E-state index contributed by atoms with van der Waals surface area (Å²) in [5.74, 6) is -1.19. The highest BCUT2D eigenvalue weighted by Gasteiger charge is 2.14. The Hall–Kier alpha value is -3.67. The molecule has 3 rings (SSSR count). The lowest BCUT2D eigenvalue weighted by molar-refractivity contribution is -0.136. The van der Waals surface area contributed by atoms with Crippen LogP contribution in [0.1, 0.15) is 42.3 Å². The van der Waals surface area contributed by atoms with Crippen LogP contribution in [0.2, 0.25) is 0 Å². The Kier molecular flexibility index (Phi) is 6.47. The van der Waals surface area contributed by atoms with Gasteiger partial charge in [-0.1, -0.05) is 44.2 Å². The molecule has 0 saturated carbocycles. The van der Waals surface area contributed by atoms with Crippen LogP contribution < -0.4 is 10.7 Å². The number of para-hydroxylation sites is 1. The van der Waals surface area contributed by atoms with E-state index in [1.54, 1.807) is 18.3 Å². The lowest BCUT2D eigenvalue weighted by Gasteiger charge is -2.09. The Morgan fingerprint density at radius 3 is 2.27 bits per heavy atom. The SMILES string of the molecule is Cc1cc(/C=N/NC(=O)C(=O)Nc2ccc(C(C)C)cc2)c(C)n1-c1ccccc1. The van der Waals surface area contributed by atoms with Crippen LogP contribution in [-0.2, 0) is 9.59 Å². The molecule has 1 heterocycles. The van der Waals surface area contributed by atoms with Crippen LogP contribution in [-0.4, -0.2) is 22.6 Å². The average Bonchev–Trinajstić information content (AvgIpc) is 3.02. The smallest absolute Gasteiger partial charge is 0.318 e. The van der Waals surface area contributed by atoms with E-state index >= 15 is 0 Å². The maximum absolute atomic E-state index is 12.1. The number of amides is 2. The van der Waals surface area contributed by atoms with E-state index in [2.05, 4.69) is 34.3 Å². The van der Waals surface area contributed by atoms with Crippen molar-refractivity contribution in [2.45, 2.75) is 33.6 Å². The van der Waals surface area contributed by atoms with Crippen molar-refractivity contribution in [2.24, 2.45) is 5.10 Å². The number of nitrogens with one attached hydrogen (secondary N) is 2. The minimum absolute atomic E-state index is 0.399. The van der Waals surface area contributed by atoms with Gasteiger partial charge >= 0.3 is 11.8 Å². The Balaban J connectivity index is 1.62. The maximum atomic E-state index is 12.1. The summed E-state index contributed by atoms with van der Waals surface area (Å²) in [5.41, 5.74) is 7.97. The number of hydrogen-bond donors (Lipinski definition) is 2. The van der Waals surface area contributed by atoms with Crippen LogP contribution in [0.3, 0.4) is 0 Å². The normalized spacial score (nSPS) is 11.1. The molecule has 2 aromatic carbocycles. The minimum Gasteiger partial charge on any atom is -0.318 e. The summed E-state index contributed by atoms with van der Waals surface area (Å²) in [5, 5.41) is 6.53. The van der Waals surface area contributed by atoms with Crippen molar-refractivity contribution >= 4 is 23.7 Å². The van der Waals surface area contributed by atoms with E-state index in [-0.39, 0.29) is 0 Å². The number of rotatable bonds is 5. The van der Waals surface area contributed by atoms with E-state index in [0.29, 0.717) is 11.6 Å². The van der Waals surface area contributed by atoms with Gasteiger partial charge in [-0.05, 0) is 55.7 Å². The molecule has 0 unspecified atom stereocenters. The summed E-state index contributed by atoms with van der Waals surface area (Å²) in [6, 6.07) is 19.4. The highest BCUT2D eigenvalue weighted by atomic mass is 16.2. The predicted octanol–water partition coefficient (Wildman–Crippen LogP) is 4.31. The third-order valence-electron chi connectivity index (χ3n) is 4.90. The fourth-order valence-electron chi connectivity index (χ4n) is 3.24. The van der Waals surface area contributed by atoms with Crippen molar-refractivity contribution in [1.82, 2.24) is 9.99 Å². The van der Waals surface area contributed by atoms with Crippen LogP contribution >= 0.6 is 0 Å². The maximum Gasteiger partial charge on any atom is 0.329 e. The van der Waals surface area contributed by atoms with Crippen molar-refractivity contribution in [1.29, 1.82) is 0 Å². The predicted molar refractivity (Wildman–Crippen MR) is 120 cm³/mol. The molecule has 6 nitrogen and oxygen atoms in total. The number of carbonyl (C=O) groups is 2. The molecule has 0 aliphatic rings. The zero-order valence-electron chi connectivity index (χ0n) is 17.6. The van der Waals surface area contributed by atoms with E-state index in [1.165, 1.54) is 0 Å². The molecule has 0 saturated heterocycles. The van der Waals surface area contributed by atoms with E-state index in [1.807, 2.05) is 62.4 Å². The monoisotopic (exact) mass is 402 g/mol. The molecule has 0 aliphatic carbocycles. The van der Waals surface area contributed by atoms with Crippen LogP contribution in [0.25, 0.3) is 5.69 Å². The third-order valence-corrected chi connectivity index (χ3v) is 4.90. The van der Waals surface area contributed by atoms with Crippen molar-refractivity contribution in [3.8, 4) is 5.69 Å². The number of benzene rings is 2. The minimum atomic E-state index is -0.823. The molecule has 0 radical (unpaired) electrons. The second-order valence-electron chi connectivity index (χ2n) is 7.43. The number of nitrogens with zero attached hydrogens (tertiary/aromatic N) is 2. The van der Waals surface area contributed by atoms with Crippen LogP contribution in [0.15, 0.2) is 65.8 Å². The number of hydrazone groups is 1. The molecule has 6 heteroatoms. The van der Waals surface area contributed by atoms with Gasteiger partial charge in [0.2, 0.25) is 0 Å². The van der Waals surface area contributed by atoms with Gasteiger partial charge in [0, 0.05) is 28.3 Å². The molecule has 30 heavy (non-hydrogen) atoms. The summed E-state index contributed by atoms with van der Waals surface area (Å²) in [6.07, 6.45) is 1.55. The number of aryl methyl sites for hydroxylation is 1. The summed E-state index contributed by atoms with van der Waals surface area (Å²) >= 11 is 0. The standard InChI is InChI=1S/C24H26N4O2/c1-16(2)19-10-12-21(13-11-19)26-23(29)24(30)27-25-15-20-14-17(3)28(18(20)4)22-8-6-5-7-9-22/h5-16H,1-4H3,(H,26,29)(H,27,30)/b25-15+. The molecule has 1 aromatic heterocycles. The summed E-state index contributed by atoms with van der Waals surface area (Å²) in [4.78, 5) is 24.1. The van der Waals surface area contributed by atoms with Gasteiger partial charge in [-0.3, -0.25) is 9.59 Å². The zero-order chi connectivity index (χ0) is 21.7. The Morgan fingerprint density at radius 2 is 1.63 bits per heavy atom. The van der Waals surface area contributed by atoms with Gasteiger partial charge in [-0.2, -0.15) is 5.10 Å². The first kappa shape index (κ1) is 21.0. The largest absolute Gasteiger partial charge is 0.329 e. The average molecular weight is 402 g/mol. The van der Waals surface area contributed by atoms with Gasteiger partial charge in [0.15, 0.2) is 0 Å². The molecule has 0 bridgehead atoms. The van der Waals surface area contributed by atoms with Crippen molar-refractivity contribution in [2.75, 3.05) is 5.32 Å². The van der Waals surface area contributed by atoms with Crippen molar-refractivity contribution in [3.63, 3.8) is 0 Å². The van der Waals surface area contributed by atoms with Gasteiger partial charge in [0.05, 0.1) is 6.21 Å². The van der Waals surface area contributed by atoms with Crippen molar-refractivity contribution < 1.29 is 9.59 Å². The molecule has 0 fully saturated rings. The zero-order valence-corrected chi connectivity index (χ0v) is 17.6. The number of carbonyl (C=O) groups excluding carboxylic acids is 2. The molecule has 0 spiro atoms. The molecule has 154 valence electrons. The summed E-state index contributed by atoms with van der Waals surface area (Å²) in [6.45, 7) is 8.18. The molecular formula is C24H26N4O2. The fourth-order valence-corrected chi connectivity index (χ4v) is 3.24. The number of anilines is 1. The van der Waals surface area contributed by atoms with Gasteiger partial charge in [-0.25, -0.2) is 5.43 Å². The van der Waals surface area contributed by atoms with E-state index in [9.17, 15) is 9.59 Å². The Labute approximate surface area is 176 Å². The Morgan fingerprint density at radius 1 is 0.967 bits per heavy atom. The highest BCUT2D eigenvalue weighted by Crippen LogP contribution is 2.19.